The van der Waals surface area contributed by atoms with Crippen molar-refractivity contribution in [1.29, 1.82) is 0 Å². The second-order valence-electron chi connectivity index (χ2n) is 2.52. The van der Waals surface area contributed by atoms with E-state index in [9.17, 15) is 0 Å². The molecule has 1 radical (unpaired) electrons. The van der Waals surface area contributed by atoms with Crippen molar-refractivity contribution < 1.29 is 9.47 Å². The summed E-state index contributed by atoms with van der Waals surface area (Å²) in [5, 5.41) is 0. The second-order valence-corrected chi connectivity index (χ2v) is 2.52. The molecule has 12 heavy (non-hydrogen) atoms. The van der Waals surface area contributed by atoms with Gasteiger partial charge in [-0.15, -0.1) is 6.58 Å². The van der Waals surface area contributed by atoms with Gasteiger partial charge in [-0.2, -0.15) is 0 Å². The molecule has 0 atom stereocenters. The van der Waals surface area contributed by atoms with Crippen LogP contribution in [0.3, 0.4) is 0 Å². The highest BCUT2D eigenvalue weighted by molar-refractivity contribution is 4.67. The van der Waals surface area contributed by atoms with E-state index in [0.717, 1.165) is 26.1 Å². The van der Waals surface area contributed by atoms with Crippen LogP contribution in [0.4, 0.5) is 0 Å². The maximum atomic E-state index is 5.28. The van der Waals surface area contributed by atoms with Crippen molar-refractivity contribution in [3.8, 4) is 0 Å². The highest BCUT2D eigenvalue weighted by Gasteiger charge is 1.89. The first-order chi connectivity index (χ1) is 5.91. The summed E-state index contributed by atoms with van der Waals surface area (Å²) in [5.41, 5.74) is 0. The molecule has 0 saturated carbocycles. The predicted octanol–water partition coefficient (Wildman–Crippen LogP) is 2.21. The fourth-order valence-electron chi connectivity index (χ4n) is 0.731. The van der Waals surface area contributed by atoms with Gasteiger partial charge in [-0.25, -0.2) is 0 Å². The fourth-order valence-corrected chi connectivity index (χ4v) is 0.731. The number of hydrogen-bond acceptors (Lipinski definition) is 2. The normalized spacial score (nSPS) is 10.1. The molecule has 0 amide bonds. The van der Waals surface area contributed by atoms with Gasteiger partial charge < -0.3 is 9.47 Å². The number of rotatable bonds is 9. The third-order valence-electron chi connectivity index (χ3n) is 1.29. The Morgan fingerprint density at radius 2 is 2.00 bits per heavy atom. The lowest BCUT2D eigenvalue weighted by Crippen LogP contribution is -2.00. The molecule has 0 heterocycles. The Hall–Kier alpha value is -0.340. The monoisotopic (exact) mass is 171 g/mol. The minimum atomic E-state index is 0.631. The third kappa shape index (κ3) is 9.66. The summed E-state index contributed by atoms with van der Waals surface area (Å²) in [6, 6.07) is 0. The molecule has 71 valence electrons. The standard InChI is InChI=1S/C10H19O2/c1-3-7-11-9-5-6-10-12-8-4-2/h3,5H,1,4,6-10H2,2H3. The summed E-state index contributed by atoms with van der Waals surface area (Å²) in [6.45, 7) is 8.66. The first kappa shape index (κ1) is 11.7. The average molecular weight is 171 g/mol. The molecular formula is C10H19O2. The van der Waals surface area contributed by atoms with Crippen LogP contribution in [0.5, 0.6) is 0 Å². The van der Waals surface area contributed by atoms with Gasteiger partial charge in [-0.05, 0) is 19.3 Å². The van der Waals surface area contributed by atoms with E-state index in [-0.39, 0.29) is 0 Å². The molecule has 0 unspecified atom stereocenters. The van der Waals surface area contributed by atoms with E-state index >= 15 is 0 Å². The first-order valence-electron chi connectivity index (χ1n) is 4.49. The molecule has 0 N–H and O–H groups in total. The molecule has 0 aromatic carbocycles. The Kier molecular flexibility index (Phi) is 10.4. The maximum Gasteiger partial charge on any atom is 0.0644 e. The Balaban J connectivity index is 2.77. The topological polar surface area (TPSA) is 18.5 Å². The third-order valence-corrected chi connectivity index (χ3v) is 1.29. The molecule has 2 heteroatoms. The van der Waals surface area contributed by atoms with E-state index in [1.54, 1.807) is 6.08 Å². The molecule has 0 aromatic heterocycles. The van der Waals surface area contributed by atoms with Gasteiger partial charge in [0.2, 0.25) is 0 Å². The zero-order valence-corrected chi connectivity index (χ0v) is 7.92. The summed E-state index contributed by atoms with van der Waals surface area (Å²) in [4.78, 5) is 0. The van der Waals surface area contributed by atoms with Gasteiger partial charge in [0.05, 0.1) is 13.2 Å². The van der Waals surface area contributed by atoms with Crippen LogP contribution in [-0.4, -0.2) is 26.4 Å². The van der Waals surface area contributed by atoms with Gasteiger partial charge in [0.25, 0.3) is 0 Å². The molecule has 0 aliphatic heterocycles. The van der Waals surface area contributed by atoms with Crippen molar-refractivity contribution in [2.75, 3.05) is 26.4 Å². The van der Waals surface area contributed by atoms with Gasteiger partial charge in [0.1, 0.15) is 0 Å². The van der Waals surface area contributed by atoms with Crippen molar-refractivity contribution in [2.45, 2.75) is 19.8 Å². The van der Waals surface area contributed by atoms with Crippen LogP contribution in [0.15, 0.2) is 12.7 Å². The SMILES string of the molecule is C=CCOC[CH]CCOCCC. The Morgan fingerprint density at radius 3 is 2.67 bits per heavy atom. The van der Waals surface area contributed by atoms with E-state index in [0.29, 0.717) is 13.2 Å². The zero-order valence-electron chi connectivity index (χ0n) is 7.92. The molecule has 0 aliphatic rings. The number of unbranched alkanes of at least 4 members (excludes halogenated alkanes) is 1. The molecule has 0 rings (SSSR count). The predicted molar refractivity (Wildman–Crippen MR) is 51.0 cm³/mol. The van der Waals surface area contributed by atoms with Crippen molar-refractivity contribution in [3.63, 3.8) is 0 Å². The molecule has 0 aromatic rings. The quantitative estimate of drug-likeness (QED) is 0.391. The Morgan fingerprint density at radius 1 is 1.17 bits per heavy atom. The fraction of sp³-hybridized carbons (Fsp3) is 0.700. The van der Waals surface area contributed by atoms with Gasteiger partial charge in [-0.1, -0.05) is 13.0 Å². The van der Waals surface area contributed by atoms with E-state index < -0.39 is 0 Å². The summed E-state index contributed by atoms with van der Waals surface area (Å²) >= 11 is 0. The van der Waals surface area contributed by atoms with E-state index in [1.807, 2.05) is 0 Å². The minimum absolute atomic E-state index is 0.631. The summed E-state index contributed by atoms with van der Waals surface area (Å²) in [5.74, 6) is 0. The number of ether oxygens (including phenoxy) is 2. The Labute approximate surface area is 75.6 Å². The van der Waals surface area contributed by atoms with E-state index in [4.69, 9.17) is 9.47 Å². The van der Waals surface area contributed by atoms with Crippen molar-refractivity contribution in [2.24, 2.45) is 0 Å². The summed E-state index contributed by atoms with van der Waals surface area (Å²) in [6.07, 6.45) is 5.89. The van der Waals surface area contributed by atoms with Gasteiger partial charge in [0, 0.05) is 13.2 Å². The molecule has 0 bridgehead atoms. The molecule has 0 fully saturated rings. The van der Waals surface area contributed by atoms with Crippen LogP contribution in [0, 0.1) is 6.42 Å². The highest BCUT2D eigenvalue weighted by atomic mass is 16.5. The molecular weight excluding hydrogens is 152 g/mol. The summed E-state index contributed by atoms with van der Waals surface area (Å²) < 4.78 is 10.4. The minimum Gasteiger partial charge on any atom is -0.381 e. The molecule has 2 nitrogen and oxygen atoms in total. The largest absolute Gasteiger partial charge is 0.381 e. The van der Waals surface area contributed by atoms with Gasteiger partial charge in [-0.3, -0.25) is 0 Å². The van der Waals surface area contributed by atoms with Crippen LogP contribution in [-0.2, 0) is 9.47 Å². The number of hydrogen-bond donors (Lipinski definition) is 0. The lowest BCUT2D eigenvalue weighted by molar-refractivity contribution is 0.129. The lowest BCUT2D eigenvalue weighted by atomic mass is 10.3. The maximum absolute atomic E-state index is 5.28. The van der Waals surface area contributed by atoms with Crippen LogP contribution >= 0.6 is 0 Å². The van der Waals surface area contributed by atoms with Crippen molar-refractivity contribution in [1.82, 2.24) is 0 Å². The van der Waals surface area contributed by atoms with Crippen molar-refractivity contribution in [3.05, 3.63) is 19.1 Å². The van der Waals surface area contributed by atoms with Gasteiger partial charge >= 0.3 is 0 Å². The average Bonchev–Trinajstić information content (AvgIpc) is 2.10. The first-order valence-corrected chi connectivity index (χ1v) is 4.49. The van der Waals surface area contributed by atoms with Gasteiger partial charge in [0.15, 0.2) is 0 Å². The van der Waals surface area contributed by atoms with Crippen LogP contribution in [0.1, 0.15) is 19.8 Å². The van der Waals surface area contributed by atoms with Crippen molar-refractivity contribution >= 4 is 0 Å². The van der Waals surface area contributed by atoms with Crippen LogP contribution < -0.4 is 0 Å². The highest BCUT2D eigenvalue weighted by Crippen LogP contribution is 1.90. The summed E-state index contributed by atoms with van der Waals surface area (Å²) in [7, 11) is 0. The molecule has 0 saturated heterocycles. The molecule has 0 aliphatic carbocycles. The lowest BCUT2D eigenvalue weighted by Gasteiger charge is -2.02. The van der Waals surface area contributed by atoms with Crippen LogP contribution in [0.25, 0.3) is 0 Å². The van der Waals surface area contributed by atoms with E-state index in [2.05, 4.69) is 19.9 Å². The second kappa shape index (κ2) is 10.7. The van der Waals surface area contributed by atoms with E-state index in [1.165, 1.54) is 0 Å². The smallest absolute Gasteiger partial charge is 0.0644 e. The Bertz CT molecular complexity index is 91.8. The molecule has 0 spiro atoms. The van der Waals surface area contributed by atoms with Crippen LogP contribution in [0.2, 0.25) is 0 Å². The zero-order chi connectivity index (χ0) is 9.07.